The SMILES string of the molecule is CNCC1CCC1c1ccc(C(F)(F)F)c(F)c1. The van der Waals surface area contributed by atoms with E-state index >= 15 is 0 Å². The van der Waals surface area contributed by atoms with Crippen molar-refractivity contribution in [3.63, 3.8) is 0 Å². The van der Waals surface area contributed by atoms with Gasteiger partial charge in [0.25, 0.3) is 0 Å². The molecule has 0 spiro atoms. The van der Waals surface area contributed by atoms with Gasteiger partial charge in [-0.15, -0.1) is 0 Å². The molecule has 2 atom stereocenters. The van der Waals surface area contributed by atoms with Crippen LogP contribution in [0.25, 0.3) is 0 Å². The summed E-state index contributed by atoms with van der Waals surface area (Å²) in [7, 11) is 1.84. The normalized spacial score (nSPS) is 23.8. The van der Waals surface area contributed by atoms with Gasteiger partial charge >= 0.3 is 6.18 Å². The highest BCUT2D eigenvalue weighted by molar-refractivity contribution is 5.30. The van der Waals surface area contributed by atoms with Gasteiger partial charge in [0.2, 0.25) is 0 Å². The molecule has 18 heavy (non-hydrogen) atoms. The van der Waals surface area contributed by atoms with Gasteiger partial charge in [0, 0.05) is 0 Å². The summed E-state index contributed by atoms with van der Waals surface area (Å²) < 4.78 is 50.7. The van der Waals surface area contributed by atoms with Crippen molar-refractivity contribution in [2.45, 2.75) is 24.9 Å². The molecule has 0 aliphatic heterocycles. The second-order valence-corrected chi connectivity index (χ2v) is 4.74. The van der Waals surface area contributed by atoms with E-state index in [0.29, 0.717) is 11.5 Å². The Hall–Kier alpha value is -1.10. The molecule has 1 fully saturated rings. The fourth-order valence-corrected chi connectivity index (χ4v) is 2.51. The summed E-state index contributed by atoms with van der Waals surface area (Å²) in [6, 6.07) is 3.28. The molecule has 5 heteroatoms. The quantitative estimate of drug-likeness (QED) is 0.820. The lowest BCUT2D eigenvalue weighted by Crippen LogP contribution is -2.32. The summed E-state index contributed by atoms with van der Waals surface area (Å²) in [5.41, 5.74) is -0.511. The van der Waals surface area contributed by atoms with Gasteiger partial charge in [0.1, 0.15) is 5.82 Å². The second-order valence-electron chi connectivity index (χ2n) is 4.74. The van der Waals surface area contributed by atoms with Crippen molar-refractivity contribution in [2.75, 3.05) is 13.6 Å². The lowest BCUT2D eigenvalue weighted by molar-refractivity contribution is -0.140. The van der Waals surface area contributed by atoms with Crippen LogP contribution in [0.3, 0.4) is 0 Å². The molecule has 2 unspecified atom stereocenters. The Morgan fingerprint density at radius 1 is 1.28 bits per heavy atom. The number of rotatable bonds is 3. The van der Waals surface area contributed by atoms with Crippen LogP contribution in [0.15, 0.2) is 18.2 Å². The summed E-state index contributed by atoms with van der Waals surface area (Å²) in [6.07, 6.45) is -2.67. The molecule has 0 saturated heterocycles. The van der Waals surface area contributed by atoms with E-state index in [1.807, 2.05) is 7.05 Å². The van der Waals surface area contributed by atoms with Crippen molar-refractivity contribution in [3.05, 3.63) is 35.1 Å². The van der Waals surface area contributed by atoms with Crippen molar-refractivity contribution in [3.8, 4) is 0 Å². The highest BCUT2D eigenvalue weighted by Gasteiger charge is 2.36. The summed E-state index contributed by atoms with van der Waals surface area (Å²) in [5, 5.41) is 3.05. The Morgan fingerprint density at radius 2 is 2.00 bits per heavy atom. The Morgan fingerprint density at radius 3 is 2.44 bits per heavy atom. The average molecular weight is 261 g/mol. The molecule has 0 amide bonds. The Labute approximate surface area is 103 Å². The predicted octanol–water partition coefficient (Wildman–Crippen LogP) is 3.56. The summed E-state index contributed by atoms with van der Waals surface area (Å²) in [5.74, 6) is -0.601. The van der Waals surface area contributed by atoms with E-state index in [1.165, 1.54) is 6.07 Å². The van der Waals surface area contributed by atoms with Crippen LogP contribution in [0.4, 0.5) is 17.6 Å². The Bertz CT molecular complexity index is 427. The van der Waals surface area contributed by atoms with Gasteiger partial charge in [-0.05, 0) is 56.0 Å². The van der Waals surface area contributed by atoms with E-state index < -0.39 is 17.6 Å². The molecule has 0 aromatic heterocycles. The largest absolute Gasteiger partial charge is 0.419 e. The molecule has 1 saturated carbocycles. The first-order chi connectivity index (χ1) is 8.43. The van der Waals surface area contributed by atoms with Crippen molar-refractivity contribution in [2.24, 2.45) is 5.92 Å². The first-order valence-electron chi connectivity index (χ1n) is 5.94. The minimum atomic E-state index is -4.62. The number of hydrogen-bond acceptors (Lipinski definition) is 1. The molecular weight excluding hydrogens is 246 g/mol. The topological polar surface area (TPSA) is 12.0 Å². The summed E-state index contributed by atoms with van der Waals surface area (Å²) in [4.78, 5) is 0. The zero-order valence-electron chi connectivity index (χ0n) is 10.0. The van der Waals surface area contributed by atoms with Crippen LogP contribution in [0.1, 0.15) is 29.9 Å². The van der Waals surface area contributed by atoms with E-state index in [0.717, 1.165) is 31.5 Å². The standard InChI is InChI=1S/C13H15F4N/c1-18-7-9-2-4-10(9)8-3-5-11(12(14)6-8)13(15,16)17/h3,5-6,9-10,18H,2,4,7H2,1H3. The summed E-state index contributed by atoms with van der Waals surface area (Å²) >= 11 is 0. The van der Waals surface area contributed by atoms with Gasteiger partial charge in [0.05, 0.1) is 5.56 Å². The molecule has 2 rings (SSSR count). The van der Waals surface area contributed by atoms with E-state index in [4.69, 9.17) is 0 Å². The maximum Gasteiger partial charge on any atom is 0.419 e. The molecule has 1 aromatic rings. The Kier molecular flexibility index (Phi) is 3.61. The molecule has 1 N–H and O–H groups in total. The van der Waals surface area contributed by atoms with Gasteiger partial charge in [-0.2, -0.15) is 13.2 Å². The first-order valence-corrected chi connectivity index (χ1v) is 5.94. The molecule has 100 valence electrons. The molecule has 1 nitrogen and oxygen atoms in total. The van der Waals surface area contributed by atoms with Crippen LogP contribution in [0, 0.1) is 11.7 Å². The smallest absolute Gasteiger partial charge is 0.319 e. The molecule has 1 aliphatic rings. The van der Waals surface area contributed by atoms with Crippen LogP contribution in [0.5, 0.6) is 0 Å². The van der Waals surface area contributed by atoms with E-state index in [-0.39, 0.29) is 5.92 Å². The maximum atomic E-state index is 13.4. The van der Waals surface area contributed by atoms with Crippen molar-refractivity contribution in [1.29, 1.82) is 0 Å². The lowest BCUT2D eigenvalue weighted by Gasteiger charge is -2.37. The van der Waals surface area contributed by atoms with Crippen LogP contribution in [-0.4, -0.2) is 13.6 Å². The third kappa shape index (κ3) is 2.51. The van der Waals surface area contributed by atoms with Gasteiger partial charge in [-0.3, -0.25) is 0 Å². The minimum absolute atomic E-state index is 0.175. The highest BCUT2D eigenvalue weighted by atomic mass is 19.4. The van der Waals surface area contributed by atoms with Gasteiger partial charge in [0.15, 0.2) is 0 Å². The molecular formula is C13H15F4N. The number of alkyl halides is 3. The molecule has 0 radical (unpaired) electrons. The third-order valence-electron chi connectivity index (χ3n) is 3.61. The summed E-state index contributed by atoms with van der Waals surface area (Å²) in [6.45, 7) is 0.813. The Balaban J connectivity index is 2.19. The van der Waals surface area contributed by atoms with E-state index in [2.05, 4.69) is 5.32 Å². The monoisotopic (exact) mass is 261 g/mol. The first kappa shape index (κ1) is 13.3. The minimum Gasteiger partial charge on any atom is -0.319 e. The number of hydrogen-bond donors (Lipinski definition) is 1. The zero-order valence-corrected chi connectivity index (χ0v) is 10.0. The van der Waals surface area contributed by atoms with Crippen LogP contribution in [-0.2, 0) is 6.18 Å². The maximum absolute atomic E-state index is 13.4. The third-order valence-corrected chi connectivity index (χ3v) is 3.61. The molecule has 1 aliphatic carbocycles. The van der Waals surface area contributed by atoms with Crippen molar-refractivity contribution < 1.29 is 17.6 Å². The molecule has 0 bridgehead atoms. The number of nitrogens with one attached hydrogen (secondary N) is 1. The van der Waals surface area contributed by atoms with Crippen LogP contribution in [0.2, 0.25) is 0 Å². The second kappa shape index (κ2) is 4.88. The van der Waals surface area contributed by atoms with Gasteiger partial charge in [-0.1, -0.05) is 6.07 Å². The zero-order chi connectivity index (χ0) is 13.3. The van der Waals surface area contributed by atoms with Crippen molar-refractivity contribution in [1.82, 2.24) is 5.32 Å². The molecule has 1 aromatic carbocycles. The fraction of sp³-hybridized carbons (Fsp3) is 0.538. The predicted molar refractivity (Wildman–Crippen MR) is 60.8 cm³/mol. The lowest BCUT2D eigenvalue weighted by atomic mass is 9.70. The van der Waals surface area contributed by atoms with E-state index in [1.54, 1.807) is 0 Å². The van der Waals surface area contributed by atoms with Gasteiger partial charge in [-0.25, -0.2) is 4.39 Å². The number of halogens is 4. The fourth-order valence-electron chi connectivity index (χ4n) is 2.51. The average Bonchev–Trinajstić information content (AvgIpc) is 2.22. The van der Waals surface area contributed by atoms with Gasteiger partial charge < -0.3 is 5.32 Å². The van der Waals surface area contributed by atoms with Crippen LogP contribution >= 0.6 is 0 Å². The van der Waals surface area contributed by atoms with Crippen molar-refractivity contribution >= 4 is 0 Å². The highest BCUT2D eigenvalue weighted by Crippen LogP contribution is 2.43. The molecule has 0 heterocycles. The number of benzene rings is 1. The van der Waals surface area contributed by atoms with Crippen LogP contribution < -0.4 is 5.32 Å². The van der Waals surface area contributed by atoms with E-state index in [9.17, 15) is 17.6 Å².